The van der Waals surface area contributed by atoms with E-state index in [1.54, 1.807) is 32.2 Å². The second-order valence-electron chi connectivity index (χ2n) is 3.60. The van der Waals surface area contributed by atoms with E-state index in [-0.39, 0.29) is 0 Å². The number of benzene rings is 1. The summed E-state index contributed by atoms with van der Waals surface area (Å²) in [5.74, 6) is 5.92. The van der Waals surface area contributed by atoms with Crippen molar-refractivity contribution in [1.82, 2.24) is 0 Å². The van der Waals surface area contributed by atoms with Crippen LogP contribution in [0.15, 0.2) is 24.3 Å². The molecule has 1 aromatic rings. The quantitative estimate of drug-likeness (QED) is 0.485. The number of methoxy groups -OCH3 is 1. The van der Waals surface area contributed by atoms with Crippen molar-refractivity contribution in [3.63, 3.8) is 0 Å². The molecule has 0 radical (unpaired) electrons. The Morgan fingerprint density at radius 1 is 1.47 bits per heavy atom. The molecule has 0 unspecified atom stereocenters. The van der Waals surface area contributed by atoms with Crippen molar-refractivity contribution in [1.29, 1.82) is 0 Å². The van der Waals surface area contributed by atoms with Crippen LogP contribution in [-0.4, -0.2) is 24.8 Å². The molecule has 100 valence electrons. The summed E-state index contributed by atoms with van der Waals surface area (Å²) < 4.78 is 10.7. The Hall–Kier alpha value is -2.41. The molecule has 1 N–H and O–H groups in total. The Labute approximate surface area is 112 Å². The molecule has 0 aliphatic heterocycles. The van der Waals surface area contributed by atoms with Crippen LogP contribution in [0.3, 0.4) is 0 Å². The number of hydrogen-bond donors (Lipinski definition) is 1. The van der Waals surface area contributed by atoms with Crippen molar-refractivity contribution in [2.45, 2.75) is 13.3 Å². The van der Waals surface area contributed by atoms with Crippen molar-refractivity contribution in [3.8, 4) is 23.3 Å². The molecule has 0 aromatic heterocycles. The van der Waals surface area contributed by atoms with Gasteiger partial charge in [0.1, 0.15) is 11.5 Å². The second kappa shape index (κ2) is 7.83. The normalized spacial score (nSPS) is 9.79. The monoisotopic (exact) mass is 260 g/mol. The molecule has 0 amide bonds. The van der Waals surface area contributed by atoms with Crippen molar-refractivity contribution >= 4 is 12.0 Å². The lowest BCUT2D eigenvalue weighted by molar-refractivity contribution is -0.131. The Morgan fingerprint density at radius 2 is 2.26 bits per heavy atom. The van der Waals surface area contributed by atoms with Crippen LogP contribution in [0.2, 0.25) is 0 Å². The third-order valence-electron chi connectivity index (χ3n) is 2.29. The van der Waals surface area contributed by atoms with E-state index in [0.29, 0.717) is 30.1 Å². The molecule has 0 aliphatic carbocycles. The standard InChI is InChI=1S/C15H16O4/c1-3-4-5-10-19-14-11-13(18-2)8-6-12(14)7-9-15(16)17/h6-9,11H,5,10H2,1-2H3,(H,16,17)/b9-7+. The van der Waals surface area contributed by atoms with Gasteiger partial charge in [-0.3, -0.25) is 0 Å². The van der Waals surface area contributed by atoms with Gasteiger partial charge in [0.25, 0.3) is 0 Å². The average Bonchev–Trinajstić information content (AvgIpc) is 2.41. The average molecular weight is 260 g/mol. The molecule has 0 saturated heterocycles. The zero-order valence-corrected chi connectivity index (χ0v) is 11.0. The fourth-order valence-electron chi connectivity index (χ4n) is 1.40. The summed E-state index contributed by atoms with van der Waals surface area (Å²) in [6, 6.07) is 5.22. The van der Waals surface area contributed by atoms with Gasteiger partial charge in [0.15, 0.2) is 0 Å². The largest absolute Gasteiger partial charge is 0.497 e. The number of carbonyl (C=O) groups is 1. The van der Waals surface area contributed by atoms with Crippen LogP contribution in [0.1, 0.15) is 18.9 Å². The van der Waals surface area contributed by atoms with Crippen molar-refractivity contribution < 1.29 is 19.4 Å². The first-order valence-electron chi connectivity index (χ1n) is 5.79. The first-order valence-corrected chi connectivity index (χ1v) is 5.79. The minimum Gasteiger partial charge on any atom is -0.497 e. The fraction of sp³-hybridized carbons (Fsp3) is 0.267. The summed E-state index contributed by atoms with van der Waals surface area (Å²) in [5, 5.41) is 8.64. The highest BCUT2D eigenvalue weighted by atomic mass is 16.5. The first-order chi connectivity index (χ1) is 9.17. The molecular weight excluding hydrogens is 244 g/mol. The van der Waals surface area contributed by atoms with Gasteiger partial charge in [0, 0.05) is 24.1 Å². The maximum Gasteiger partial charge on any atom is 0.328 e. The molecule has 19 heavy (non-hydrogen) atoms. The molecule has 0 fully saturated rings. The third-order valence-corrected chi connectivity index (χ3v) is 2.29. The zero-order valence-electron chi connectivity index (χ0n) is 11.0. The van der Waals surface area contributed by atoms with Gasteiger partial charge in [0.05, 0.1) is 13.7 Å². The number of carboxylic acid groups (broad SMARTS) is 1. The van der Waals surface area contributed by atoms with Gasteiger partial charge in [-0.25, -0.2) is 4.79 Å². The SMILES string of the molecule is CC#CCCOc1cc(OC)ccc1/C=C/C(=O)O. The van der Waals surface area contributed by atoms with E-state index < -0.39 is 5.97 Å². The van der Waals surface area contributed by atoms with Crippen LogP contribution in [-0.2, 0) is 4.79 Å². The molecular formula is C15H16O4. The molecule has 0 atom stereocenters. The molecule has 1 aromatic carbocycles. The minimum absolute atomic E-state index is 0.446. The number of rotatable bonds is 6. The Kier molecular flexibility index (Phi) is 6.04. The summed E-state index contributed by atoms with van der Waals surface area (Å²) in [6.45, 7) is 2.22. The topological polar surface area (TPSA) is 55.8 Å². The smallest absolute Gasteiger partial charge is 0.328 e. The van der Waals surface area contributed by atoms with Gasteiger partial charge in [-0.05, 0) is 25.1 Å². The van der Waals surface area contributed by atoms with Crippen LogP contribution < -0.4 is 9.47 Å². The molecule has 0 heterocycles. The lowest BCUT2D eigenvalue weighted by Crippen LogP contribution is -1.98. The van der Waals surface area contributed by atoms with Gasteiger partial charge >= 0.3 is 5.97 Å². The van der Waals surface area contributed by atoms with Gasteiger partial charge < -0.3 is 14.6 Å². The van der Waals surface area contributed by atoms with Crippen LogP contribution in [0.4, 0.5) is 0 Å². The number of carboxylic acids is 1. The van der Waals surface area contributed by atoms with Gasteiger partial charge in [-0.15, -0.1) is 11.8 Å². The number of aliphatic carboxylic acids is 1. The molecule has 0 saturated carbocycles. The highest BCUT2D eigenvalue weighted by molar-refractivity contribution is 5.86. The van der Waals surface area contributed by atoms with Crippen molar-refractivity contribution in [3.05, 3.63) is 29.8 Å². The lowest BCUT2D eigenvalue weighted by atomic mass is 10.1. The maximum atomic E-state index is 10.5. The zero-order chi connectivity index (χ0) is 14.1. The summed E-state index contributed by atoms with van der Waals surface area (Å²) in [4.78, 5) is 10.5. The Morgan fingerprint density at radius 3 is 2.89 bits per heavy atom. The van der Waals surface area contributed by atoms with Crippen LogP contribution in [0.5, 0.6) is 11.5 Å². The Balaban J connectivity index is 2.87. The fourth-order valence-corrected chi connectivity index (χ4v) is 1.40. The van der Waals surface area contributed by atoms with E-state index >= 15 is 0 Å². The first kappa shape index (κ1) is 14.7. The summed E-state index contributed by atoms with van der Waals surface area (Å²) in [5.41, 5.74) is 0.688. The van der Waals surface area contributed by atoms with Crippen LogP contribution in [0, 0.1) is 11.8 Å². The molecule has 4 nitrogen and oxygen atoms in total. The second-order valence-corrected chi connectivity index (χ2v) is 3.60. The summed E-state index contributed by atoms with van der Waals surface area (Å²) >= 11 is 0. The minimum atomic E-state index is -1.00. The number of hydrogen-bond acceptors (Lipinski definition) is 3. The molecule has 0 aliphatic rings. The van der Waals surface area contributed by atoms with E-state index in [1.165, 1.54) is 6.08 Å². The van der Waals surface area contributed by atoms with Gasteiger partial charge in [-0.2, -0.15) is 0 Å². The van der Waals surface area contributed by atoms with Crippen LogP contribution >= 0.6 is 0 Å². The predicted octanol–water partition coefficient (Wildman–Crippen LogP) is 2.59. The molecule has 0 spiro atoms. The maximum absolute atomic E-state index is 10.5. The van der Waals surface area contributed by atoms with E-state index in [0.717, 1.165) is 6.08 Å². The third kappa shape index (κ3) is 5.17. The van der Waals surface area contributed by atoms with E-state index in [1.807, 2.05) is 0 Å². The van der Waals surface area contributed by atoms with Crippen LogP contribution in [0.25, 0.3) is 6.08 Å². The molecule has 0 bridgehead atoms. The van der Waals surface area contributed by atoms with Crippen molar-refractivity contribution in [2.75, 3.05) is 13.7 Å². The predicted molar refractivity (Wildman–Crippen MR) is 73.2 cm³/mol. The highest BCUT2D eigenvalue weighted by Gasteiger charge is 2.04. The van der Waals surface area contributed by atoms with E-state index in [2.05, 4.69) is 11.8 Å². The summed E-state index contributed by atoms with van der Waals surface area (Å²) in [6.07, 6.45) is 3.18. The molecule has 1 rings (SSSR count). The Bertz CT molecular complexity index is 521. The van der Waals surface area contributed by atoms with Gasteiger partial charge in [0.2, 0.25) is 0 Å². The number of ether oxygens (including phenoxy) is 2. The van der Waals surface area contributed by atoms with E-state index in [4.69, 9.17) is 14.6 Å². The molecule has 4 heteroatoms. The van der Waals surface area contributed by atoms with Gasteiger partial charge in [-0.1, -0.05) is 0 Å². The highest BCUT2D eigenvalue weighted by Crippen LogP contribution is 2.26. The van der Waals surface area contributed by atoms with Crippen molar-refractivity contribution in [2.24, 2.45) is 0 Å². The summed E-state index contributed by atoms with van der Waals surface area (Å²) in [7, 11) is 1.56. The van der Waals surface area contributed by atoms with E-state index in [9.17, 15) is 4.79 Å². The lowest BCUT2D eigenvalue weighted by Gasteiger charge is -2.09.